The van der Waals surface area contributed by atoms with Crippen LogP contribution in [0.2, 0.25) is 0 Å². The molecule has 1 fully saturated rings. The van der Waals surface area contributed by atoms with Crippen LogP contribution in [0.1, 0.15) is 21.5 Å². The van der Waals surface area contributed by atoms with Crippen LogP contribution < -0.4 is 10.1 Å². The van der Waals surface area contributed by atoms with Crippen molar-refractivity contribution in [1.82, 2.24) is 15.1 Å². The van der Waals surface area contributed by atoms with Crippen LogP contribution in [0.5, 0.6) is 5.75 Å². The number of ether oxygens (including phenoxy) is 1. The Morgan fingerprint density at radius 1 is 0.824 bits per heavy atom. The van der Waals surface area contributed by atoms with E-state index in [0.717, 1.165) is 11.1 Å². The summed E-state index contributed by atoms with van der Waals surface area (Å²) in [5.74, 6) is 0.0812. The summed E-state index contributed by atoms with van der Waals surface area (Å²) in [6.07, 6.45) is 0. The van der Waals surface area contributed by atoms with E-state index in [1.54, 1.807) is 29.2 Å². The van der Waals surface area contributed by atoms with Gasteiger partial charge in [-0.15, -0.1) is 0 Å². The fourth-order valence-corrected chi connectivity index (χ4v) is 3.85. The molecule has 1 heterocycles. The fraction of sp³-hybridized carbons (Fsp3) is 0.259. The molecular formula is C27H28FN3O3. The SMILES string of the molecule is O=C(CN1CCN(C(=O)c2ccccc2OCc2ccc(F)cc2)CC1)NCc1ccccc1. The van der Waals surface area contributed by atoms with E-state index in [4.69, 9.17) is 4.74 Å². The monoisotopic (exact) mass is 461 g/mol. The van der Waals surface area contributed by atoms with Gasteiger partial charge in [-0.25, -0.2) is 4.39 Å². The molecule has 0 saturated carbocycles. The van der Waals surface area contributed by atoms with Crippen LogP contribution in [0.25, 0.3) is 0 Å². The number of piperazine rings is 1. The number of amides is 2. The van der Waals surface area contributed by atoms with E-state index >= 15 is 0 Å². The van der Waals surface area contributed by atoms with Crippen molar-refractivity contribution in [1.29, 1.82) is 0 Å². The largest absolute Gasteiger partial charge is 0.488 e. The Hall–Kier alpha value is -3.71. The van der Waals surface area contributed by atoms with Gasteiger partial charge in [0, 0.05) is 32.7 Å². The summed E-state index contributed by atoms with van der Waals surface area (Å²) in [5.41, 5.74) is 2.38. The predicted octanol–water partition coefficient (Wildman–Crippen LogP) is 3.48. The maximum Gasteiger partial charge on any atom is 0.257 e. The van der Waals surface area contributed by atoms with E-state index < -0.39 is 0 Å². The van der Waals surface area contributed by atoms with Gasteiger partial charge in [0.15, 0.2) is 0 Å². The second-order valence-electron chi connectivity index (χ2n) is 8.24. The third kappa shape index (κ3) is 6.42. The van der Waals surface area contributed by atoms with Crippen LogP contribution in [0.3, 0.4) is 0 Å². The summed E-state index contributed by atoms with van der Waals surface area (Å²) >= 11 is 0. The van der Waals surface area contributed by atoms with Crippen molar-refractivity contribution in [2.75, 3.05) is 32.7 Å². The zero-order valence-electron chi connectivity index (χ0n) is 19.0. The molecular weight excluding hydrogens is 433 g/mol. The average molecular weight is 462 g/mol. The lowest BCUT2D eigenvalue weighted by Crippen LogP contribution is -2.51. The molecule has 0 unspecified atom stereocenters. The molecule has 1 aliphatic rings. The van der Waals surface area contributed by atoms with E-state index in [1.165, 1.54) is 12.1 Å². The van der Waals surface area contributed by atoms with Crippen molar-refractivity contribution in [3.05, 3.63) is 101 Å². The highest BCUT2D eigenvalue weighted by Gasteiger charge is 2.25. The first kappa shape index (κ1) is 23.4. The standard InChI is InChI=1S/C27H28FN3O3/c28-23-12-10-22(11-13-23)20-34-25-9-5-4-8-24(25)27(33)31-16-14-30(15-17-31)19-26(32)29-18-21-6-2-1-3-7-21/h1-13H,14-20H2,(H,29,32). The first-order chi connectivity index (χ1) is 16.6. The third-order valence-corrected chi connectivity index (χ3v) is 5.78. The third-order valence-electron chi connectivity index (χ3n) is 5.78. The Morgan fingerprint density at radius 2 is 1.50 bits per heavy atom. The number of nitrogens with zero attached hydrogens (tertiary/aromatic N) is 2. The highest BCUT2D eigenvalue weighted by atomic mass is 19.1. The summed E-state index contributed by atoms with van der Waals surface area (Å²) in [5, 5.41) is 2.95. The quantitative estimate of drug-likeness (QED) is 0.558. The average Bonchev–Trinajstić information content (AvgIpc) is 2.88. The van der Waals surface area contributed by atoms with Crippen LogP contribution in [0.4, 0.5) is 4.39 Å². The fourth-order valence-electron chi connectivity index (χ4n) is 3.85. The molecule has 6 nitrogen and oxygen atoms in total. The second-order valence-corrected chi connectivity index (χ2v) is 8.24. The van der Waals surface area contributed by atoms with Crippen LogP contribution in [-0.4, -0.2) is 54.3 Å². The van der Waals surface area contributed by atoms with Crippen molar-refractivity contribution < 1.29 is 18.7 Å². The molecule has 176 valence electrons. The van der Waals surface area contributed by atoms with Gasteiger partial charge in [-0.2, -0.15) is 0 Å². The zero-order valence-corrected chi connectivity index (χ0v) is 19.0. The van der Waals surface area contributed by atoms with Crippen LogP contribution in [0.15, 0.2) is 78.9 Å². The second kappa shape index (κ2) is 11.4. The van der Waals surface area contributed by atoms with Gasteiger partial charge in [0.2, 0.25) is 5.91 Å². The molecule has 1 aliphatic heterocycles. The van der Waals surface area contributed by atoms with Gasteiger partial charge < -0.3 is 15.0 Å². The summed E-state index contributed by atoms with van der Waals surface area (Å²) in [6, 6.07) is 23.1. The van der Waals surface area contributed by atoms with Crippen molar-refractivity contribution >= 4 is 11.8 Å². The minimum absolute atomic E-state index is 0.0248. The van der Waals surface area contributed by atoms with Gasteiger partial charge in [-0.3, -0.25) is 14.5 Å². The molecule has 2 amide bonds. The number of carbonyl (C=O) groups excluding carboxylic acids is 2. The number of para-hydroxylation sites is 1. The number of benzene rings is 3. The van der Waals surface area contributed by atoms with Gasteiger partial charge in [0.25, 0.3) is 5.91 Å². The summed E-state index contributed by atoms with van der Waals surface area (Å²) < 4.78 is 19.0. The lowest BCUT2D eigenvalue weighted by molar-refractivity contribution is -0.122. The number of hydrogen-bond acceptors (Lipinski definition) is 4. The molecule has 0 radical (unpaired) electrons. The Labute approximate surface area is 198 Å². The molecule has 1 N–H and O–H groups in total. The number of rotatable bonds is 8. The van der Waals surface area contributed by atoms with Crippen LogP contribution in [-0.2, 0) is 17.9 Å². The number of hydrogen-bond donors (Lipinski definition) is 1. The molecule has 3 aromatic carbocycles. The highest BCUT2D eigenvalue weighted by Crippen LogP contribution is 2.22. The van der Waals surface area contributed by atoms with Gasteiger partial charge in [0.05, 0.1) is 12.1 Å². The number of nitrogens with one attached hydrogen (secondary N) is 1. The molecule has 0 aromatic heterocycles. The molecule has 0 atom stereocenters. The lowest BCUT2D eigenvalue weighted by Gasteiger charge is -2.34. The number of halogens is 1. The minimum Gasteiger partial charge on any atom is -0.488 e. The van der Waals surface area contributed by atoms with Gasteiger partial charge in [-0.1, -0.05) is 54.6 Å². The minimum atomic E-state index is -0.299. The van der Waals surface area contributed by atoms with E-state index in [9.17, 15) is 14.0 Å². The van der Waals surface area contributed by atoms with Crippen molar-refractivity contribution in [2.24, 2.45) is 0 Å². The van der Waals surface area contributed by atoms with E-state index in [0.29, 0.717) is 50.6 Å². The van der Waals surface area contributed by atoms with Crippen molar-refractivity contribution in [3.63, 3.8) is 0 Å². The lowest BCUT2D eigenvalue weighted by atomic mass is 10.1. The van der Waals surface area contributed by atoms with Gasteiger partial charge in [0.1, 0.15) is 18.2 Å². The summed E-state index contributed by atoms with van der Waals surface area (Å²) in [6.45, 7) is 3.40. The molecule has 1 saturated heterocycles. The Balaban J connectivity index is 1.27. The molecule has 7 heteroatoms. The molecule has 3 aromatic rings. The Bertz CT molecular complexity index is 1100. The first-order valence-electron chi connectivity index (χ1n) is 11.4. The number of carbonyl (C=O) groups is 2. The topological polar surface area (TPSA) is 61.9 Å². The molecule has 0 aliphatic carbocycles. The predicted molar refractivity (Wildman–Crippen MR) is 128 cm³/mol. The van der Waals surface area contributed by atoms with E-state index in [-0.39, 0.29) is 24.2 Å². The molecule has 4 rings (SSSR count). The normalized spacial score (nSPS) is 14.0. The first-order valence-corrected chi connectivity index (χ1v) is 11.4. The van der Waals surface area contributed by atoms with Gasteiger partial charge >= 0.3 is 0 Å². The highest BCUT2D eigenvalue weighted by molar-refractivity contribution is 5.97. The van der Waals surface area contributed by atoms with Crippen molar-refractivity contribution in [3.8, 4) is 5.75 Å². The molecule has 0 bridgehead atoms. The maximum atomic E-state index is 13.2. The van der Waals surface area contributed by atoms with Gasteiger partial charge in [-0.05, 0) is 35.4 Å². The van der Waals surface area contributed by atoms with Crippen molar-refractivity contribution in [2.45, 2.75) is 13.2 Å². The smallest absolute Gasteiger partial charge is 0.257 e. The Kier molecular flexibility index (Phi) is 7.88. The van der Waals surface area contributed by atoms with E-state index in [2.05, 4.69) is 10.2 Å². The zero-order chi connectivity index (χ0) is 23.8. The van der Waals surface area contributed by atoms with Crippen LogP contribution in [0, 0.1) is 5.82 Å². The summed E-state index contributed by atoms with van der Waals surface area (Å²) in [4.78, 5) is 29.3. The summed E-state index contributed by atoms with van der Waals surface area (Å²) in [7, 11) is 0. The Morgan fingerprint density at radius 3 is 2.24 bits per heavy atom. The van der Waals surface area contributed by atoms with Crippen LogP contribution >= 0.6 is 0 Å². The molecule has 0 spiro atoms. The molecule has 34 heavy (non-hydrogen) atoms. The maximum absolute atomic E-state index is 13.2. The van der Waals surface area contributed by atoms with E-state index in [1.807, 2.05) is 42.5 Å².